The second-order valence-corrected chi connectivity index (χ2v) is 7.46. The van der Waals surface area contributed by atoms with Gasteiger partial charge >= 0.3 is 5.97 Å². The Morgan fingerprint density at radius 2 is 2.12 bits per heavy atom. The Morgan fingerprint density at radius 1 is 1.33 bits per heavy atom. The van der Waals surface area contributed by atoms with E-state index in [0.717, 1.165) is 57.2 Å². The highest BCUT2D eigenvalue weighted by molar-refractivity contribution is 5.87. The number of hydrogen-bond donors (Lipinski definition) is 2. The average molecular weight is 331 g/mol. The highest BCUT2D eigenvalue weighted by Gasteiger charge is 2.43. The monoisotopic (exact) mass is 331 g/mol. The number of ether oxygens (including phenoxy) is 1. The van der Waals surface area contributed by atoms with E-state index in [1.54, 1.807) is 6.07 Å². The first kappa shape index (κ1) is 16.0. The van der Waals surface area contributed by atoms with Gasteiger partial charge in [0.2, 0.25) is 0 Å². The third-order valence-electron chi connectivity index (χ3n) is 5.48. The molecule has 1 atom stereocenters. The van der Waals surface area contributed by atoms with Crippen molar-refractivity contribution >= 4 is 5.97 Å². The Labute approximate surface area is 142 Å². The quantitative estimate of drug-likeness (QED) is 0.855. The molecule has 1 saturated carbocycles. The molecule has 0 bridgehead atoms. The number of nitrogens with zero attached hydrogens (tertiary/aromatic N) is 2. The highest BCUT2D eigenvalue weighted by atomic mass is 16.5. The van der Waals surface area contributed by atoms with Crippen molar-refractivity contribution in [3.05, 3.63) is 29.6 Å². The molecule has 6 heteroatoms. The summed E-state index contributed by atoms with van der Waals surface area (Å²) in [7, 11) is 0. The Hall–Kier alpha value is -1.50. The summed E-state index contributed by atoms with van der Waals surface area (Å²) in [4.78, 5) is 17.5. The molecule has 3 fully saturated rings. The minimum atomic E-state index is -0.929. The summed E-state index contributed by atoms with van der Waals surface area (Å²) in [6.07, 6.45) is 7.38. The van der Waals surface area contributed by atoms with Crippen LogP contribution in [0.3, 0.4) is 0 Å². The molecule has 130 valence electrons. The first-order valence-corrected chi connectivity index (χ1v) is 8.92. The molecule has 3 heterocycles. The summed E-state index contributed by atoms with van der Waals surface area (Å²) in [5.41, 5.74) is 1.24. The molecule has 3 aliphatic rings. The number of carbonyl (C=O) groups is 1. The van der Waals surface area contributed by atoms with Gasteiger partial charge in [0.05, 0.1) is 23.5 Å². The van der Waals surface area contributed by atoms with Gasteiger partial charge in [-0.15, -0.1) is 0 Å². The minimum absolute atomic E-state index is 0.0731. The van der Waals surface area contributed by atoms with E-state index >= 15 is 0 Å². The summed E-state index contributed by atoms with van der Waals surface area (Å²) in [6, 6.07) is 4.72. The standard InChI is InChI=1S/C18H25N3O3/c22-17(23)13-1-2-15(19-10-13)11-21-7-5-18(6-8-21)9-16(12-24-18)20-14-3-4-14/h1-2,10,14,16,20H,3-9,11-12H2,(H,22,23). The van der Waals surface area contributed by atoms with E-state index < -0.39 is 5.97 Å². The molecule has 24 heavy (non-hydrogen) atoms. The van der Waals surface area contributed by atoms with Gasteiger partial charge in [0.15, 0.2) is 0 Å². The fourth-order valence-electron chi connectivity index (χ4n) is 3.88. The third kappa shape index (κ3) is 3.61. The van der Waals surface area contributed by atoms with E-state index in [1.165, 1.54) is 19.0 Å². The average Bonchev–Trinajstić information content (AvgIpc) is 3.31. The fourth-order valence-corrected chi connectivity index (χ4v) is 3.88. The predicted octanol–water partition coefficient (Wildman–Crippen LogP) is 1.66. The van der Waals surface area contributed by atoms with Gasteiger partial charge in [0.1, 0.15) is 0 Å². The summed E-state index contributed by atoms with van der Waals surface area (Å²) in [5, 5.41) is 12.6. The molecule has 1 unspecified atom stereocenters. The van der Waals surface area contributed by atoms with Crippen LogP contribution in [0.2, 0.25) is 0 Å². The fraction of sp³-hybridized carbons (Fsp3) is 0.667. The highest BCUT2D eigenvalue weighted by Crippen LogP contribution is 2.37. The molecular formula is C18H25N3O3. The van der Waals surface area contributed by atoms with Crippen molar-refractivity contribution in [3.8, 4) is 0 Å². The number of aromatic carboxylic acids is 1. The van der Waals surface area contributed by atoms with E-state index in [1.807, 2.05) is 6.07 Å². The van der Waals surface area contributed by atoms with Gasteiger partial charge in [-0.3, -0.25) is 9.88 Å². The zero-order valence-corrected chi connectivity index (χ0v) is 13.9. The lowest BCUT2D eigenvalue weighted by Gasteiger charge is -2.38. The van der Waals surface area contributed by atoms with Crippen molar-refractivity contribution in [2.24, 2.45) is 0 Å². The molecule has 2 saturated heterocycles. The summed E-state index contributed by atoms with van der Waals surface area (Å²) in [6.45, 7) is 3.66. The summed E-state index contributed by atoms with van der Waals surface area (Å²) >= 11 is 0. The number of hydrogen-bond acceptors (Lipinski definition) is 5. The largest absolute Gasteiger partial charge is 0.478 e. The second-order valence-electron chi connectivity index (χ2n) is 7.46. The number of nitrogens with one attached hydrogen (secondary N) is 1. The van der Waals surface area contributed by atoms with Crippen LogP contribution in [-0.2, 0) is 11.3 Å². The number of piperidine rings is 1. The molecule has 1 aliphatic carbocycles. The molecule has 2 aliphatic heterocycles. The van der Waals surface area contributed by atoms with E-state index in [0.29, 0.717) is 6.04 Å². The van der Waals surface area contributed by atoms with Gasteiger partial charge in [0, 0.05) is 37.9 Å². The van der Waals surface area contributed by atoms with Crippen molar-refractivity contribution < 1.29 is 14.6 Å². The SMILES string of the molecule is O=C(O)c1ccc(CN2CCC3(CC2)CC(NC2CC2)CO3)nc1. The Bertz CT molecular complexity index is 592. The van der Waals surface area contributed by atoms with Gasteiger partial charge in [-0.2, -0.15) is 0 Å². The maximum atomic E-state index is 10.9. The third-order valence-corrected chi connectivity index (χ3v) is 5.48. The van der Waals surface area contributed by atoms with Crippen LogP contribution >= 0.6 is 0 Å². The predicted molar refractivity (Wildman–Crippen MR) is 89.0 cm³/mol. The molecule has 4 rings (SSSR count). The Morgan fingerprint density at radius 3 is 2.75 bits per heavy atom. The number of carboxylic acid groups (broad SMARTS) is 1. The maximum absolute atomic E-state index is 10.9. The molecule has 0 aromatic carbocycles. The van der Waals surface area contributed by atoms with Crippen LogP contribution in [0, 0.1) is 0 Å². The topological polar surface area (TPSA) is 74.7 Å². The van der Waals surface area contributed by atoms with Crippen LogP contribution in [0.1, 0.15) is 48.2 Å². The molecule has 2 N–H and O–H groups in total. The molecule has 1 spiro atoms. The van der Waals surface area contributed by atoms with E-state index in [4.69, 9.17) is 9.84 Å². The van der Waals surface area contributed by atoms with Crippen LogP contribution in [0.5, 0.6) is 0 Å². The van der Waals surface area contributed by atoms with Gasteiger partial charge in [-0.05, 0) is 44.2 Å². The zero-order chi connectivity index (χ0) is 16.6. The zero-order valence-electron chi connectivity index (χ0n) is 13.9. The van der Waals surface area contributed by atoms with Gasteiger partial charge in [-0.1, -0.05) is 0 Å². The van der Waals surface area contributed by atoms with Crippen molar-refractivity contribution in [1.82, 2.24) is 15.2 Å². The van der Waals surface area contributed by atoms with Crippen LogP contribution in [0.15, 0.2) is 18.3 Å². The molecule has 1 aromatic heterocycles. The molecule has 0 amide bonds. The van der Waals surface area contributed by atoms with Crippen LogP contribution < -0.4 is 5.32 Å². The summed E-state index contributed by atoms with van der Waals surface area (Å²) in [5.74, 6) is -0.929. The number of aromatic nitrogens is 1. The van der Waals surface area contributed by atoms with Gasteiger partial charge in [-0.25, -0.2) is 4.79 Å². The first-order chi connectivity index (χ1) is 11.6. The van der Waals surface area contributed by atoms with Crippen molar-refractivity contribution in [3.63, 3.8) is 0 Å². The Kier molecular flexibility index (Phi) is 4.28. The smallest absolute Gasteiger partial charge is 0.337 e. The molecule has 6 nitrogen and oxygen atoms in total. The lowest BCUT2D eigenvalue weighted by molar-refractivity contribution is -0.0451. The normalized spacial score (nSPS) is 26.8. The molecule has 1 aromatic rings. The lowest BCUT2D eigenvalue weighted by Crippen LogP contribution is -2.44. The Balaban J connectivity index is 1.27. The van der Waals surface area contributed by atoms with Gasteiger partial charge in [0.25, 0.3) is 0 Å². The van der Waals surface area contributed by atoms with E-state index in [2.05, 4.69) is 15.2 Å². The van der Waals surface area contributed by atoms with Crippen molar-refractivity contribution in [2.75, 3.05) is 19.7 Å². The first-order valence-electron chi connectivity index (χ1n) is 8.92. The van der Waals surface area contributed by atoms with Crippen molar-refractivity contribution in [2.45, 2.75) is 56.3 Å². The summed E-state index contributed by atoms with van der Waals surface area (Å²) < 4.78 is 6.19. The van der Waals surface area contributed by atoms with Crippen molar-refractivity contribution in [1.29, 1.82) is 0 Å². The number of rotatable bonds is 5. The van der Waals surface area contributed by atoms with E-state index in [9.17, 15) is 4.79 Å². The van der Waals surface area contributed by atoms with Crippen LogP contribution in [-0.4, -0.2) is 58.3 Å². The molecule has 0 radical (unpaired) electrons. The number of pyridine rings is 1. The van der Waals surface area contributed by atoms with Crippen LogP contribution in [0.25, 0.3) is 0 Å². The minimum Gasteiger partial charge on any atom is -0.478 e. The lowest BCUT2D eigenvalue weighted by atomic mass is 9.87. The van der Waals surface area contributed by atoms with Gasteiger partial charge < -0.3 is 15.2 Å². The number of carboxylic acids is 1. The molecular weight excluding hydrogens is 306 g/mol. The van der Waals surface area contributed by atoms with E-state index in [-0.39, 0.29) is 11.2 Å². The second kappa shape index (κ2) is 6.43. The maximum Gasteiger partial charge on any atom is 0.337 e. The van der Waals surface area contributed by atoms with Crippen LogP contribution in [0.4, 0.5) is 0 Å². The number of likely N-dealkylation sites (tertiary alicyclic amines) is 1.